The quantitative estimate of drug-likeness (QED) is 0.793. The Morgan fingerprint density at radius 1 is 1.23 bits per heavy atom. The van der Waals surface area contributed by atoms with Gasteiger partial charge in [-0.3, -0.25) is 14.9 Å². The van der Waals surface area contributed by atoms with Crippen LogP contribution in [0.2, 0.25) is 0 Å². The van der Waals surface area contributed by atoms with E-state index < -0.39 is 17.8 Å². The number of phenolic OH excluding ortho intramolecular Hbond substituents is 1. The molecule has 0 aromatic heterocycles. The average Bonchev–Trinajstić information content (AvgIpc) is 2.94. The van der Waals surface area contributed by atoms with Crippen molar-refractivity contribution in [3.63, 3.8) is 0 Å². The van der Waals surface area contributed by atoms with Gasteiger partial charge in [0.25, 0.3) is 11.1 Å². The van der Waals surface area contributed by atoms with Crippen LogP contribution in [0.5, 0.6) is 17.2 Å². The zero-order valence-electron chi connectivity index (χ0n) is 13.2. The predicted molar refractivity (Wildman–Crippen MR) is 93.3 cm³/mol. The van der Waals surface area contributed by atoms with E-state index in [1.54, 1.807) is 6.07 Å². The molecule has 0 saturated carbocycles. The third-order valence-corrected chi connectivity index (χ3v) is 4.29. The van der Waals surface area contributed by atoms with Crippen molar-refractivity contribution in [1.29, 1.82) is 5.26 Å². The largest absolute Gasteiger partial charge is 0.504 e. The second-order valence-electron chi connectivity index (χ2n) is 5.25. The highest BCUT2D eigenvalue weighted by molar-refractivity contribution is 8.18. The lowest BCUT2D eigenvalue weighted by Gasteiger charge is -2.11. The van der Waals surface area contributed by atoms with E-state index in [0.29, 0.717) is 11.1 Å². The Morgan fingerprint density at radius 2 is 2.00 bits per heavy atom. The van der Waals surface area contributed by atoms with Crippen LogP contribution in [0.4, 0.5) is 9.18 Å². The van der Waals surface area contributed by atoms with Crippen molar-refractivity contribution < 1.29 is 23.8 Å². The first-order valence-corrected chi connectivity index (χ1v) is 8.16. The molecule has 0 unspecified atom stereocenters. The molecule has 0 radical (unpaired) electrons. The standard InChI is InChI=1S/C18H11FN2O4S/c19-8-12-5-11(9-20)2-3-14(12)25-15-4-1-10(6-13(15)22)7-16-17(23)21-18(24)26-16/h1-7,22H,8H2,(H,21,23,24)/b16-7-. The van der Waals surface area contributed by atoms with Crippen LogP contribution >= 0.6 is 11.8 Å². The maximum absolute atomic E-state index is 13.1. The third-order valence-electron chi connectivity index (χ3n) is 3.48. The fourth-order valence-electron chi connectivity index (χ4n) is 2.25. The fraction of sp³-hybridized carbons (Fsp3) is 0.0556. The maximum atomic E-state index is 13.1. The summed E-state index contributed by atoms with van der Waals surface area (Å²) >= 11 is 0.770. The van der Waals surface area contributed by atoms with E-state index in [1.807, 2.05) is 6.07 Å². The van der Waals surface area contributed by atoms with E-state index in [9.17, 15) is 19.1 Å². The molecule has 2 aromatic rings. The fourth-order valence-corrected chi connectivity index (χ4v) is 2.94. The number of benzene rings is 2. The van der Waals surface area contributed by atoms with Gasteiger partial charge in [0.2, 0.25) is 0 Å². The van der Waals surface area contributed by atoms with Gasteiger partial charge in [0, 0.05) is 5.56 Å². The van der Waals surface area contributed by atoms with E-state index >= 15 is 0 Å². The summed E-state index contributed by atoms with van der Waals surface area (Å²) in [4.78, 5) is 22.9. The molecule has 2 N–H and O–H groups in total. The summed E-state index contributed by atoms with van der Waals surface area (Å²) in [7, 11) is 0. The molecule has 1 fully saturated rings. The molecule has 130 valence electrons. The van der Waals surface area contributed by atoms with E-state index in [4.69, 9.17) is 10.00 Å². The summed E-state index contributed by atoms with van der Waals surface area (Å²) < 4.78 is 18.7. The van der Waals surface area contributed by atoms with Crippen LogP contribution in [-0.4, -0.2) is 16.3 Å². The van der Waals surface area contributed by atoms with E-state index in [2.05, 4.69) is 5.32 Å². The Kier molecular flexibility index (Phi) is 4.91. The Labute approximate surface area is 151 Å². The number of phenols is 1. The number of nitrogens with zero attached hydrogens (tertiary/aromatic N) is 1. The first kappa shape index (κ1) is 17.5. The molecule has 2 aromatic carbocycles. The minimum absolute atomic E-state index is 0.0890. The molecular formula is C18H11FN2O4S. The van der Waals surface area contributed by atoms with Crippen LogP contribution in [-0.2, 0) is 11.5 Å². The lowest BCUT2D eigenvalue weighted by Crippen LogP contribution is -2.17. The molecule has 1 saturated heterocycles. The van der Waals surface area contributed by atoms with Crippen LogP contribution in [0.1, 0.15) is 16.7 Å². The van der Waals surface area contributed by atoms with Crippen molar-refractivity contribution in [2.75, 3.05) is 0 Å². The summed E-state index contributed by atoms with van der Waals surface area (Å²) in [5, 5.41) is 20.7. The zero-order chi connectivity index (χ0) is 18.7. The highest BCUT2D eigenvalue weighted by Crippen LogP contribution is 2.35. The predicted octanol–water partition coefficient (Wildman–Crippen LogP) is 3.85. The summed E-state index contributed by atoms with van der Waals surface area (Å²) in [5.41, 5.74) is 0.984. The van der Waals surface area contributed by atoms with Gasteiger partial charge in [0.1, 0.15) is 12.4 Å². The number of carbonyl (C=O) groups is 2. The van der Waals surface area contributed by atoms with Gasteiger partial charge in [0.05, 0.1) is 16.5 Å². The highest BCUT2D eigenvalue weighted by Gasteiger charge is 2.25. The maximum Gasteiger partial charge on any atom is 0.290 e. The summed E-state index contributed by atoms with van der Waals surface area (Å²) in [6.45, 7) is -0.823. The van der Waals surface area contributed by atoms with Crippen molar-refractivity contribution in [3.05, 3.63) is 58.0 Å². The number of imide groups is 1. The number of alkyl halides is 1. The molecule has 0 bridgehead atoms. The molecule has 8 heteroatoms. The van der Waals surface area contributed by atoms with Crippen molar-refractivity contribution in [2.45, 2.75) is 6.67 Å². The van der Waals surface area contributed by atoms with Gasteiger partial charge in [-0.15, -0.1) is 0 Å². The number of ether oxygens (including phenoxy) is 1. The van der Waals surface area contributed by atoms with Crippen LogP contribution in [0.25, 0.3) is 6.08 Å². The number of halogens is 1. The van der Waals surface area contributed by atoms with E-state index in [-0.39, 0.29) is 27.7 Å². The molecule has 3 rings (SSSR count). The molecule has 1 aliphatic heterocycles. The Hall–Kier alpha value is -3.31. The lowest BCUT2D eigenvalue weighted by atomic mass is 10.1. The highest BCUT2D eigenvalue weighted by atomic mass is 32.2. The van der Waals surface area contributed by atoms with Gasteiger partial charge >= 0.3 is 0 Å². The lowest BCUT2D eigenvalue weighted by molar-refractivity contribution is -0.115. The first-order valence-electron chi connectivity index (χ1n) is 7.35. The van der Waals surface area contributed by atoms with Gasteiger partial charge in [-0.25, -0.2) is 4.39 Å². The monoisotopic (exact) mass is 370 g/mol. The van der Waals surface area contributed by atoms with Gasteiger partial charge in [-0.2, -0.15) is 5.26 Å². The van der Waals surface area contributed by atoms with Crippen LogP contribution in [0.3, 0.4) is 0 Å². The SMILES string of the molecule is N#Cc1ccc(Oc2ccc(/C=C3\SC(=O)NC3=O)cc2O)c(CF)c1. The molecule has 6 nitrogen and oxygen atoms in total. The number of thioether (sulfide) groups is 1. The van der Waals surface area contributed by atoms with E-state index in [0.717, 1.165) is 11.8 Å². The van der Waals surface area contributed by atoms with Crippen LogP contribution < -0.4 is 10.1 Å². The number of aromatic hydroxyl groups is 1. The second kappa shape index (κ2) is 7.29. The average molecular weight is 370 g/mol. The van der Waals surface area contributed by atoms with Gasteiger partial charge in [-0.1, -0.05) is 6.07 Å². The topological polar surface area (TPSA) is 99.4 Å². The number of amides is 2. The Balaban J connectivity index is 1.85. The molecular weight excluding hydrogens is 359 g/mol. The minimum Gasteiger partial charge on any atom is -0.504 e. The number of rotatable bonds is 4. The van der Waals surface area contributed by atoms with Gasteiger partial charge < -0.3 is 9.84 Å². The summed E-state index contributed by atoms with van der Waals surface area (Å²) in [6.07, 6.45) is 1.46. The van der Waals surface area contributed by atoms with Crippen molar-refractivity contribution >= 4 is 29.0 Å². The van der Waals surface area contributed by atoms with E-state index in [1.165, 1.54) is 36.4 Å². The summed E-state index contributed by atoms with van der Waals surface area (Å²) in [5.74, 6) is -0.441. The molecule has 1 heterocycles. The van der Waals surface area contributed by atoms with Crippen molar-refractivity contribution in [2.24, 2.45) is 0 Å². The third kappa shape index (κ3) is 3.68. The normalized spacial score (nSPS) is 15.0. The molecule has 0 atom stereocenters. The smallest absolute Gasteiger partial charge is 0.290 e. The van der Waals surface area contributed by atoms with Crippen LogP contribution in [0.15, 0.2) is 41.3 Å². The number of carbonyl (C=O) groups excluding carboxylic acids is 2. The van der Waals surface area contributed by atoms with Crippen LogP contribution in [0, 0.1) is 11.3 Å². The summed E-state index contributed by atoms with van der Waals surface area (Å²) in [6, 6.07) is 10.6. The minimum atomic E-state index is -0.823. The van der Waals surface area contributed by atoms with Crippen molar-refractivity contribution in [3.8, 4) is 23.3 Å². The Morgan fingerprint density at radius 3 is 2.62 bits per heavy atom. The molecule has 2 amide bonds. The number of hydrogen-bond acceptors (Lipinski definition) is 6. The number of nitrogens with one attached hydrogen (secondary N) is 1. The molecule has 26 heavy (non-hydrogen) atoms. The van der Waals surface area contributed by atoms with Gasteiger partial charge in [0.15, 0.2) is 11.5 Å². The van der Waals surface area contributed by atoms with Gasteiger partial charge in [-0.05, 0) is 53.7 Å². The second-order valence-corrected chi connectivity index (χ2v) is 6.26. The first-order chi connectivity index (χ1) is 12.5. The number of nitriles is 1. The Bertz CT molecular complexity index is 982. The molecule has 1 aliphatic rings. The van der Waals surface area contributed by atoms with Crippen molar-refractivity contribution in [1.82, 2.24) is 5.32 Å². The molecule has 0 spiro atoms. The molecule has 0 aliphatic carbocycles. The zero-order valence-corrected chi connectivity index (χ0v) is 14.0. The number of hydrogen-bond donors (Lipinski definition) is 2.